The van der Waals surface area contributed by atoms with Crippen LogP contribution in [0, 0.1) is 11.8 Å². The molecule has 0 spiro atoms. The highest BCUT2D eigenvalue weighted by Crippen LogP contribution is 2.46. The molecule has 4 aromatic carbocycles. The first kappa shape index (κ1) is 35.8. The van der Waals surface area contributed by atoms with Crippen LogP contribution in [0.5, 0.6) is 23.0 Å². The number of phenols is 2. The molecule has 6 rings (SSSR count). The summed E-state index contributed by atoms with van der Waals surface area (Å²) in [5.41, 5.74) is 1.67. The molecular formula is C42H44Cl2O6. The highest BCUT2D eigenvalue weighted by Gasteiger charge is 2.36. The van der Waals surface area contributed by atoms with E-state index in [0.717, 1.165) is 24.5 Å². The molecule has 0 radical (unpaired) electrons. The zero-order valence-electron chi connectivity index (χ0n) is 28.7. The molecule has 8 heteroatoms. The predicted molar refractivity (Wildman–Crippen MR) is 199 cm³/mol. The van der Waals surface area contributed by atoms with Crippen LogP contribution in [0.2, 0.25) is 10.0 Å². The van der Waals surface area contributed by atoms with Gasteiger partial charge in [-0.1, -0.05) is 94.1 Å². The Morgan fingerprint density at radius 2 is 1.16 bits per heavy atom. The quantitative estimate of drug-likeness (QED) is 0.118. The highest BCUT2D eigenvalue weighted by molar-refractivity contribution is 6.38. The molecule has 262 valence electrons. The van der Waals surface area contributed by atoms with Crippen molar-refractivity contribution < 1.29 is 29.3 Å². The van der Waals surface area contributed by atoms with Gasteiger partial charge in [-0.2, -0.15) is 0 Å². The fourth-order valence-corrected chi connectivity index (χ4v) is 7.84. The minimum absolute atomic E-state index is 0.00616. The number of unbranched alkanes of at least 4 members (excludes halogenated alkanes) is 3. The van der Waals surface area contributed by atoms with E-state index in [9.17, 15) is 19.8 Å². The van der Waals surface area contributed by atoms with Crippen LogP contribution in [-0.4, -0.2) is 35.0 Å². The van der Waals surface area contributed by atoms with Gasteiger partial charge in [-0.05, 0) is 90.8 Å². The Morgan fingerprint density at radius 3 is 1.72 bits per heavy atom. The van der Waals surface area contributed by atoms with Gasteiger partial charge in [0.15, 0.2) is 17.3 Å². The van der Waals surface area contributed by atoms with Crippen LogP contribution in [0.1, 0.15) is 110 Å². The van der Waals surface area contributed by atoms with Crippen molar-refractivity contribution in [3.05, 3.63) is 93.0 Å². The molecule has 2 N–H and O–H groups in total. The van der Waals surface area contributed by atoms with E-state index in [-0.39, 0.29) is 49.4 Å². The van der Waals surface area contributed by atoms with Gasteiger partial charge in [-0.25, -0.2) is 0 Å². The number of ether oxygens (including phenoxy) is 2. The van der Waals surface area contributed by atoms with Crippen LogP contribution >= 0.6 is 23.2 Å². The molecule has 0 saturated heterocycles. The van der Waals surface area contributed by atoms with Gasteiger partial charge in [-0.15, -0.1) is 0 Å². The summed E-state index contributed by atoms with van der Waals surface area (Å²) in [7, 11) is 0. The number of aromatic hydroxyl groups is 2. The molecule has 0 heterocycles. The number of carbonyl (C=O) groups is 2. The Hall–Kier alpha value is -4.00. The van der Waals surface area contributed by atoms with E-state index < -0.39 is 11.6 Å². The lowest BCUT2D eigenvalue weighted by Gasteiger charge is -2.28. The minimum Gasteiger partial charge on any atom is -0.507 e. The van der Waals surface area contributed by atoms with Gasteiger partial charge in [0, 0.05) is 22.3 Å². The lowest BCUT2D eigenvalue weighted by molar-refractivity contribution is 0.0974. The van der Waals surface area contributed by atoms with Crippen molar-refractivity contribution in [2.75, 3.05) is 13.2 Å². The minimum atomic E-state index is -0.564. The number of phenolic OH excluding ortho intramolecular Hbond substituents is 2. The number of benzene rings is 4. The van der Waals surface area contributed by atoms with Gasteiger partial charge in [0.1, 0.15) is 17.2 Å². The summed E-state index contributed by atoms with van der Waals surface area (Å²) in [6, 6.07) is 16.8. The maximum atomic E-state index is 13.8. The van der Waals surface area contributed by atoms with Crippen molar-refractivity contribution >= 4 is 34.8 Å². The third-order valence-electron chi connectivity index (χ3n) is 10.2. The fraction of sp³-hybridized carbons (Fsp3) is 0.381. The number of ketones is 2. The van der Waals surface area contributed by atoms with Crippen LogP contribution in [-0.2, 0) is 0 Å². The standard InChI is InChI=1S/C42H44Cl2O6/c1-3-5-7-8-25-9-11-26(12-10-25)24-50-29-15-13-27(14-16-29)30-17-19-32-36(38(30)45)40(47)33-20-18-31(39(46)37(33)41(32)48)28-22-34(43)42(35(44)23-28)49-21-6-4-2/h13-20,22-23,25-26,45-46H,3-12,21,24H2,1-2H3. The number of hydrogen-bond donors (Lipinski definition) is 2. The SMILES string of the molecule is CCCCCC1CCC(COc2ccc(-c3ccc4c(c3O)C(=O)c3ccc(-c5cc(Cl)c(OCCCC)c(Cl)c5)c(O)c3C4=O)cc2)CC1. The van der Waals surface area contributed by atoms with E-state index in [1.807, 2.05) is 24.3 Å². The largest absolute Gasteiger partial charge is 0.507 e. The van der Waals surface area contributed by atoms with E-state index >= 15 is 0 Å². The van der Waals surface area contributed by atoms with Crippen molar-refractivity contribution in [2.24, 2.45) is 11.8 Å². The van der Waals surface area contributed by atoms with Crippen molar-refractivity contribution in [3.63, 3.8) is 0 Å². The number of carbonyl (C=O) groups excluding carboxylic acids is 2. The van der Waals surface area contributed by atoms with Crippen molar-refractivity contribution in [3.8, 4) is 45.3 Å². The normalized spacial score (nSPS) is 17.0. The van der Waals surface area contributed by atoms with Gasteiger partial charge in [0.25, 0.3) is 0 Å². The molecule has 4 aromatic rings. The first-order valence-corrected chi connectivity index (χ1v) is 18.6. The summed E-state index contributed by atoms with van der Waals surface area (Å²) in [5.74, 6) is 0.769. The lowest BCUT2D eigenvalue weighted by Crippen LogP contribution is -2.21. The van der Waals surface area contributed by atoms with E-state index in [1.165, 1.54) is 63.5 Å². The summed E-state index contributed by atoms with van der Waals surface area (Å²) in [5, 5.41) is 23.3. The van der Waals surface area contributed by atoms with Gasteiger partial charge >= 0.3 is 0 Å². The summed E-state index contributed by atoms with van der Waals surface area (Å²) in [4.78, 5) is 27.6. The monoisotopic (exact) mass is 714 g/mol. The van der Waals surface area contributed by atoms with Crippen LogP contribution in [0.3, 0.4) is 0 Å². The highest BCUT2D eigenvalue weighted by atomic mass is 35.5. The Bertz CT molecular complexity index is 1850. The molecule has 6 nitrogen and oxygen atoms in total. The Kier molecular flexibility index (Phi) is 11.4. The summed E-state index contributed by atoms with van der Waals surface area (Å²) < 4.78 is 11.9. The number of hydrogen-bond acceptors (Lipinski definition) is 6. The fourth-order valence-electron chi connectivity index (χ4n) is 7.24. The maximum absolute atomic E-state index is 13.8. The summed E-state index contributed by atoms with van der Waals surface area (Å²) in [6.07, 6.45) is 12.1. The van der Waals surface area contributed by atoms with Gasteiger partial charge < -0.3 is 19.7 Å². The molecule has 0 bridgehead atoms. The van der Waals surface area contributed by atoms with Crippen molar-refractivity contribution in [1.29, 1.82) is 0 Å². The maximum Gasteiger partial charge on any atom is 0.198 e. The second-order valence-corrected chi connectivity index (χ2v) is 14.4. The number of halogens is 2. The van der Waals surface area contributed by atoms with E-state index in [4.69, 9.17) is 32.7 Å². The van der Waals surface area contributed by atoms with E-state index in [0.29, 0.717) is 41.6 Å². The molecular weight excluding hydrogens is 671 g/mol. The molecule has 0 atom stereocenters. The molecule has 50 heavy (non-hydrogen) atoms. The van der Waals surface area contributed by atoms with Crippen molar-refractivity contribution in [2.45, 2.75) is 78.1 Å². The van der Waals surface area contributed by atoms with Crippen LogP contribution in [0.4, 0.5) is 0 Å². The average Bonchev–Trinajstić information content (AvgIpc) is 3.11. The number of rotatable bonds is 13. The molecule has 1 fully saturated rings. The zero-order chi connectivity index (χ0) is 35.4. The van der Waals surface area contributed by atoms with Gasteiger partial charge in [-0.3, -0.25) is 9.59 Å². The summed E-state index contributed by atoms with van der Waals surface area (Å²) in [6.45, 7) is 5.45. The van der Waals surface area contributed by atoms with Crippen molar-refractivity contribution in [1.82, 2.24) is 0 Å². The zero-order valence-corrected chi connectivity index (χ0v) is 30.2. The summed E-state index contributed by atoms with van der Waals surface area (Å²) >= 11 is 13.0. The van der Waals surface area contributed by atoms with Crippen LogP contribution < -0.4 is 9.47 Å². The second kappa shape index (κ2) is 15.9. The average molecular weight is 716 g/mol. The number of fused-ring (bicyclic) bond motifs is 2. The molecule has 1 saturated carbocycles. The first-order chi connectivity index (χ1) is 24.2. The molecule has 0 aromatic heterocycles. The topological polar surface area (TPSA) is 93.1 Å². The van der Waals surface area contributed by atoms with Crippen LogP contribution in [0.15, 0.2) is 60.7 Å². The van der Waals surface area contributed by atoms with Crippen LogP contribution in [0.25, 0.3) is 22.3 Å². The lowest BCUT2D eigenvalue weighted by atomic mass is 9.80. The van der Waals surface area contributed by atoms with Gasteiger partial charge in [0.2, 0.25) is 0 Å². The molecule has 0 unspecified atom stereocenters. The Labute approximate surface area is 304 Å². The molecule has 0 amide bonds. The van der Waals surface area contributed by atoms with E-state index in [1.54, 1.807) is 24.3 Å². The Balaban J connectivity index is 1.17. The third-order valence-corrected chi connectivity index (χ3v) is 10.7. The first-order valence-electron chi connectivity index (χ1n) is 17.9. The molecule has 0 aliphatic heterocycles. The van der Waals surface area contributed by atoms with Gasteiger partial charge in [0.05, 0.1) is 34.4 Å². The smallest absolute Gasteiger partial charge is 0.198 e. The molecule has 2 aliphatic rings. The Morgan fingerprint density at radius 1 is 0.640 bits per heavy atom. The predicted octanol–water partition coefficient (Wildman–Crippen LogP) is 11.5. The third kappa shape index (κ3) is 7.38. The van der Waals surface area contributed by atoms with E-state index in [2.05, 4.69) is 13.8 Å². The second-order valence-electron chi connectivity index (χ2n) is 13.6. The molecule has 2 aliphatic carbocycles.